The zero-order valence-electron chi connectivity index (χ0n) is 11.8. The quantitative estimate of drug-likeness (QED) is 0.808. The van der Waals surface area contributed by atoms with Gasteiger partial charge in [-0.25, -0.2) is 0 Å². The number of aliphatic hydroxyl groups excluding tert-OH is 1. The lowest BCUT2D eigenvalue weighted by Crippen LogP contribution is -2.21. The molecule has 0 saturated heterocycles. The molecule has 1 aliphatic carbocycles. The number of hydrogen-bond acceptors (Lipinski definition) is 3. The molecule has 0 bridgehead atoms. The van der Waals surface area contributed by atoms with Gasteiger partial charge in [-0.2, -0.15) is 0 Å². The van der Waals surface area contributed by atoms with Crippen LogP contribution >= 0.6 is 11.8 Å². The minimum absolute atomic E-state index is 0.134. The van der Waals surface area contributed by atoms with E-state index in [1.807, 2.05) is 11.8 Å². The van der Waals surface area contributed by atoms with Crippen molar-refractivity contribution < 1.29 is 5.11 Å². The van der Waals surface area contributed by atoms with Gasteiger partial charge in [-0.1, -0.05) is 38.3 Å². The van der Waals surface area contributed by atoms with Gasteiger partial charge in [0.15, 0.2) is 0 Å². The van der Waals surface area contributed by atoms with Crippen molar-refractivity contribution in [1.82, 2.24) is 5.32 Å². The molecule has 1 aromatic carbocycles. The largest absolute Gasteiger partial charge is 0.392 e. The molecule has 3 heteroatoms. The summed E-state index contributed by atoms with van der Waals surface area (Å²) >= 11 is 1.86. The van der Waals surface area contributed by atoms with Crippen LogP contribution in [0.1, 0.15) is 44.6 Å². The first-order chi connectivity index (χ1) is 9.29. The molecule has 0 heterocycles. The van der Waals surface area contributed by atoms with Crippen LogP contribution in [-0.2, 0) is 6.54 Å². The Morgan fingerprint density at radius 1 is 1.26 bits per heavy atom. The van der Waals surface area contributed by atoms with Gasteiger partial charge in [0.1, 0.15) is 0 Å². The summed E-state index contributed by atoms with van der Waals surface area (Å²) in [7, 11) is 0. The van der Waals surface area contributed by atoms with Gasteiger partial charge in [-0.3, -0.25) is 0 Å². The van der Waals surface area contributed by atoms with Crippen LogP contribution in [-0.4, -0.2) is 23.0 Å². The SMILES string of the molecule is CCNCc1cccc(SC2CCCCCC2O)c1. The lowest BCUT2D eigenvalue weighted by atomic mass is 10.1. The smallest absolute Gasteiger partial charge is 0.0662 e. The first-order valence-electron chi connectivity index (χ1n) is 7.44. The Kier molecular flexibility index (Phi) is 6.21. The van der Waals surface area contributed by atoms with E-state index in [1.54, 1.807) is 0 Å². The number of thioether (sulfide) groups is 1. The molecule has 1 aromatic rings. The summed E-state index contributed by atoms with van der Waals surface area (Å²) in [6.07, 6.45) is 5.68. The number of aliphatic hydroxyl groups is 1. The van der Waals surface area contributed by atoms with Crippen molar-refractivity contribution >= 4 is 11.8 Å². The van der Waals surface area contributed by atoms with Crippen molar-refractivity contribution in [1.29, 1.82) is 0 Å². The fourth-order valence-electron chi connectivity index (χ4n) is 2.56. The summed E-state index contributed by atoms with van der Waals surface area (Å²) in [5.41, 5.74) is 1.33. The molecule has 1 aliphatic rings. The maximum atomic E-state index is 10.2. The van der Waals surface area contributed by atoms with Crippen LogP contribution in [0.2, 0.25) is 0 Å². The number of rotatable bonds is 5. The Morgan fingerprint density at radius 2 is 2.11 bits per heavy atom. The molecule has 0 aromatic heterocycles. The zero-order chi connectivity index (χ0) is 13.5. The van der Waals surface area contributed by atoms with Gasteiger partial charge >= 0.3 is 0 Å². The second-order valence-electron chi connectivity index (χ2n) is 5.29. The van der Waals surface area contributed by atoms with Crippen molar-refractivity contribution in [2.45, 2.75) is 61.8 Å². The third-order valence-corrected chi connectivity index (χ3v) is 5.06. The van der Waals surface area contributed by atoms with Crippen molar-refractivity contribution in [3.63, 3.8) is 0 Å². The van der Waals surface area contributed by atoms with Crippen molar-refractivity contribution in [2.24, 2.45) is 0 Å². The van der Waals surface area contributed by atoms with Crippen molar-refractivity contribution in [3.8, 4) is 0 Å². The Bertz CT molecular complexity index is 383. The summed E-state index contributed by atoms with van der Waals surface area (Å²) in [4.78, 5) is 1.29. The standard InChI is InChI=1S/C16H25NOS/c1-2-17-12-13-7-6-8-14(11-13)19-16-10-5-3-4-9-15(16)18/h6-8,11,15-18H,2-5,9-10,12H2,1H3. The molecule has 19 heavy (non-hydrogen) atoms. The summed E-state index contributed by atoms with van der Waals surface area (Å²) < 4.78 is 0. The van der Waals surface area contributed by atoms with Crippen LogP contribution in [0.4, 0.5) is 0 Å². The van der Waals surface area contributed by atoms with E-state index in [0.29, 0.717) is 5.25 Å². The summed E-state index contributed by atoms with van der Waals surface area (Å²) in [5, 5.41) is 13.9. The molecule has 1 saturated carbocycles. The molecule has 2 unspecified atom stereocenters. The van der Waals surface area contributed by atoms with Crippen LogP contribution in [0.25, 0.3) is 0 Å². The lowest BCUT2D eigenvalue weighted by molar-refractivity contribution is 0.163. The topological polar surface area (TPSA) is 32.3 Å². The first kappa shape index (κ1) is 14.9. The highest BCUT2D eigenvalue weighted by atomic mass is 32.2. The highest BCUT2D eigenvalue weighted by molar-refractivity contribution is 8.00. The molecule has 2 atom stereocenters. The molecule has 2 N–H and O–H groups in total. The summed E-state index contributed by atoms with van der Waals surface area (Å²) in [6.45, 7) is 4.05. The fraction of sp³-hybridized carbons (Fsp3) is 0.625. The van der Waals surface area contributed by atoms with Crippen molar-refractivity contribution in [3.05, 3.63) is 29.8 Å². The third-order valence-electron chi connectivity index (χ3n) is 3.68. The van der Waals surface area contributed by atoms with Crippen LogP contribution in [0.3, 0.4) is 0 Å². The molecular formula is C16H25NOS. The molecule has 0 amide bonds. The van der Waals surface area contributed by atoms with E-state index >= 15 is 0 Å². The first-order valence-corrected chi connectivity index (χ1v) is 8.32. The van der Waals surface area contributed by atoms with E-state index in [0.717, 1.165) is 25.9 Å². The second kappa shape index (κ2) is 7.93. The normalized spacial score (nSPS) is 24.1. The maximum absolute atomic E-state index is 10.2. The van der Waals surface area contributed by atoms with Crippen LogP contribution in [0, 0.1) is 0 Å². The minimum atomic E-state index is -0.134. The molecule has 0 spiro atoms. The third kappa shape index (κ3) is 4.83. The van der Waals surface area contributed by atoms with Gasteiger partial charge < -0.3 is 10.4 Å². The molecule has 106 valence electrons. The monoisotopic (exact) mass is 279 g/mol. The van der Waals surface area contributed by atoms with Crippen LogP contribution < -0.4 is 5.32 Å². The predicted octanol–water partition coefficient (Wildman–Crippen LogP) is 3.58. The van der Waals surface area contributed by atoms with E-state index in [1.165, 1.54) is 29.7 Å². The molecule has 2 rings (SSSR count). The maximum Gasteiger partial charge on any atom is 0.0662 e. The van der Waals surface area contributed by atoms with Gasteiger partial charge in [-0.15, -0.1) is 11.8 Å². The average Bonchev–Trinajstić information content (AvgIpc) is 2.62. The number of hydrogen-bond donors (Lipinski definition) is 2. The summed E-state index contributed by atoms with van der Waals surface area (Å²) in [6, 6.07) is 8.71. The van der Waals surface area contributed by atoms with E-state index in [-0.39, 0.29) is 6.10 Å². The van der Waals surface area contributed by atoms with E-state index in [4.69, 9.17) is 0 Å². The van der Waals surface area contributed by atoms with Crippen molar-refractivity contribution in [2.75, 3.05) is 6.54 Å². The van der Waals surface area contributed by atoms with Crippen LogP contribution in [0.15, 0.2) is 29.2 Å². The Labute approximate surface area is 121 Å². The zero-order valence-corrected chi connectivity index (χ0v) is 12.6. The van der Waals surface area contributed by atoms with Crippen LogP contribution in [0.5, 0.6) is 0 Å². The van der Waals surface area contributed by atoms with Gasteiger partial charge in [0, 0.05) is 16.7 Å². The van der Waals surface area contributed by atoms with Gasteiger partial charge in [0.25, 0.3) is 0 Å². The van der Waals surface area contributed by atoms with E-state index in [2.05, 4.69) is 36.5 Å². The molecular weight excluding hydrogens is 254 g/mol. The molecule has 0 aliphatic heterocycles. The van der Waals surface area contributed by atoms with Gasteiger partial charge in [-0.05, 0) is 37.1 Å². The minimum Gasteiger partial charge on any atom is -0.392 e. The Hall–Kier alpha value is -0.510. The Morgan fingerprint density at radius 3 is 2.95 bits per heavy atom. The Balaban J connectivity index is 1.97. The summed E-state index contributed by atoms with van der Waals surface area (Å²) in [5.74, 6) is 0. The molecule has 2 nitrogen and oxygen atoms in total. The molecule has 0 radical (unpaired) electrons. The fourth-order valence-corrected chi connectivity index (χ4v) is 3.87. The average molecular weight is 279 g/mol. The lowest BCUT2D eigenvalue weighted by Gasteiger charge is -2.20. The highest BCUT2D eigenvalue weighted by Crippen LogP contribution is 2.33. The number of benzene rings is 1. The van der Waals surface area contributed by atoms with Gasteiger partial charge in [0.05, 0.1) is 6.10 Å². The number of nitrogens with one attached hydrogen (secondary N) is 1. The molecule has 1 fully saturated rings. The van der Waals surface area contributed by atoms with Gasteiger partial charge in [0.2, 0.25) is 0 Å². The highest BCUT2D eigenvalue weighted by Gasteiger charge is 2.22. The van der Waals surface area contributed by atoms with E-state index in [9.17, 15) is 5.11 Å². The second-order valence-corrected chi connectivity index (χ2v) is 6.60. The predicted molar refractivity (Wildman–Crippen MR) is 82.6 cm³/mol. The van der Waals surface area contributed by atoms with E-state index < -0.39 is 0 Å².